The van der Waals surface area contributed by atoms with Gasteiger partial charge in [0.25, 0.3) is 15.7 Å². The summed E-state index contributed by atoms with van der Waals surface area (Å²) < 4.78 is 27.4. The molecule has 128 valence electrons. The highest BCUT2D eigenvalue weighted by Crippen LogP contribution is 2.24. The van der Waals surface area contributed by atoms with Crippen LogP contribution in [0.5, 0.6) is 0 Å². The maximum absolute atomic E-state index is 12.5. The molecule has 0 heterocycles. The zero-order valence-electron chi connectivity index (χ0n) is 13.7. The van der Waals surface area contributed by atoms with Crippen LogP contribution in [-0.4, -0.2) is 13.3 Å². The monoisotopic (exact) mass is 348 g/mol. The predicted octanol–water partition coefficient (Wildman–Crippen LogP) is 4.05. The molecule has 2 aromatic carbocycles. The number of aryl methyl sites for hydroxylation is 2. The van der Waals surface area contributed by atoms with E-state index in [1.54, 1.807) is 19.1 Å². The average molecular weight is 348 g/mol. The molecule has 24 heavy (non-hydrogen) atoms. The van der Waals surface area contributed by atoms with Gasteiger partial charge < -0.3 is 0 Å². The van der Waals surface area contributed by atoms with Crippen LogP contribution in [0.2, 0.25) is 0 Å². The van der Waals surface area contributed by atoms with Gasteiger partial charge in [-0.1, -0.05) is 25.5 Å². The summed E-state index contributed by atoms with van der Waals surface area (Å²) in [5, 5.41) is 10.7. The van der Waals surface area contributed by atoms with Gasteiger partial charge in [-0.2, -0.15) is 0 Å². The molecule has 0 atom stereocenters. The number of anilines is 1. The Bertz CT molecular complexity index is 830. The van der Waals surface area contributed by atoms with E-state index in [9.17, 15) is 18.5 Å². The molecular weight excluding hydrogens is 328 g/mol. The highest BCUT2D eigenvalue weighted by molar-refractivity contribution is 7.92. The Morgan fingerprint density at radius 3 is 2.33 bits per heavy atom. The molecule has 2 rings (SSSR count). The van der Waals surface area contributed by atoms with Crippen LogP contribution < -0.4 is 4.72 Å². The molecule has 6 nitrogen and oxygen atoms in total. The lowest BCUT2D eigenvalue weighted by Gasteiger charge is -2.11. The van der Waals surface area contributed by atoms with E-state index in [1.807, 2.05) is 12.1 Å². The van der Waals surface area contributed by atoms with Crippen molar-refractivity contribution in [3.8, 4) is 0 Å². The fraction of sp³-hybridized carbons (Fsp3) is 0.294. The van der Waals surface area contributed by atoms with Gasteiger partial charge >= 0.3 is 0 Å². The van der Waals surface area contributed by atoms with Crippen molar-refractivity contribution in [2.75, 3.05) is 4.72 Å². The molecule has 0 amide bonds. The molecule has 1 N–H and O–H groups in total. The minimum Gasteiger partial charge on any atom is -0.279 e. The van der Waals surface area contributed by atoms with Gasteiger partial charge in [-0.3, -0.25) is 14.8 Å². The first kappa shape index (κ1) is 17.9. The summed E-state index contributed by atoms with van der Waals surface area (Å²) in [6.07, 6.45) is 3.07. The van der Waals surface area contributed by atoms with Crippen molar-refractivity contribution >= 4 is 21.4 Å². The molecule has 0 aromatic heterocycles. The van der Waals surface area contributed by atoms with Gasteiger partial charge in [0.15, 0.2) is 0 Å². The summed E-state index contributed by atoms with van der Waals surface area (Å²) >= 11 is 0. The van der Waals surface area contributed by atoms with Gasteiger partial charge in [0.05, 0.1) is 15.5 Å². The number of unbranched alkanes of at least 4 members (excludes halogenated alkanes) is 1. The van der Waals surface area contributed by atoms with Crippen molar-refractivity contribution in [1.82, 2.24) is 0 Å². The van der Waals surface area contributed by atoms with E-state index in [4.69, 9.17) is 0 Å². The van der Waals surface area contributed by atoms with Gasteiger partial charge in [0.2, 0.25) is 0 Å². The van der Waals surface area contributed by atoms with Crippen molar-refractivity contribution < 1.29 is 13.3 Å². The Morgan fingerprint density at radius 2 is 1.79 bits per heavy atom. The third kappa shape index (κ3) is 4.32. The Kier molecular flexibility index (Phi) is 5.56. The number of hydrogen-bond donors (Lipinski definition) is 1. The Hall–Kier alpha value is -2.41. The normalized spacial score (nSPS) is 11.2. The second-order valence-corrected chi connectivity index (χ2v) is 7.29. The number of non-ortho nitro benzene ring substituents is 1. The van der Waals surface area contributed by atoms with Crippen molar-refractivity contribution in [2.24, 2.45) is 0 Å². The second kappa shape index (κ2) is 7.44. The third-order valence-corrected chi connectivity index (χ3v) is 5.10. The molecule has 0 unspecified atom stereocenters. The number of hydrogen-bond acceptors (Lipinski definition) is 4. The van der Waals surface area contributed by atoms with E-state index in [0.29, 0.717) is 11.3 Å². The van der Waals surface area contributed by atoms with Crippen molar-refractivity contribution in [2.45, 2.75) is 38.0 Å². The van der Waals surface area contributed by atoms with E-state index in [2.05, 4.69) is 11.6 Å². The van der Waals surface area contributed by atoms with Gasteiger partial charge in [-0.15, -0.1) is 0 Å². The van der Waals surface area contributed by atoms with E-state index in [-0.39, 0.29) is 10.6 Å². The van der Waals surface area contributed by atoms with Crippen LogP contribution in [0.1, 0.15) is 30.9 Å². The average Bonchev–Trinajstić information content (AvgIpc) is 2.55. The molecule has 2 aromatic rings. The predicted molar refractivity (Wildman–Crippen MR) is 93.7 cm³/mol. The van der Waals surface area contributed by atoms with Crippen LogP contribution in [-0.2, 0) is 16.4 Å². The van der Waals surface area contributed by atoms with Crippen LogP contribution in [0.3, 0.4) is 0 Å². The SMILES string of the molecule is CCCCc1ccc(S(=O)(=O)Nc2ccc([N+](=O)[O-])cc2C)cc1. The molecule has 0 bridgehead atoms. The lowest BCUT2D eigenvalue weighted by atomic mass is 10.1. The number of benzene rings is 2. The molecule has 0 fully saturated rings. The smallest absolute Gasteiger partial charge is 0.269 e. The first-order valence-corrected chi connectivity index (χ1v) is 9.18. The van der Waals surface area contributed by atoms with Gasteiger partial charge in [-0.25, -0.2) is 8.42 Å². The Labute approximate surface area is 141 Å². The summed E-state index contributed by atoms with van der Waals surface area (Å²) in [6, 6.07) is 10.8. The lowest BCUT2D eigenvalue weighted by molar-refractivity contribution is -0.384. The lowest BCUT2D eigenvalue weighted by Crippen LogP contribution is -2.13. The Morgan fingerprint density at radius 1 is 1.12 bits per heavy atom. The topological polar surface area (TPSA) is 89.3 Å². The third-order valence-electron chi connectivity index (χ3n) is 3.72. The molecule has 0 aliphatic carbocycles. The van der Waals surface area contributed by atoms with Crippen LogP contribution in [0.4, 0.5) is 11.4 Å². The zero-order valence-corrected chi connectivity index (χ0v) is 14.5. The maximum Gasteiger partial charge on any atom is 0.269 e. The van der Waals surface area contributed by atoms with Gasteiger partial charge in [-0.05, 0) is 49.1 Å². The van der Waals surface area contributed by atoms with E-state index in [1.165, 1.54) is 18.2 Å². The maximum atomic E-state index is 12.5. The number of nitrogens with zero attached hydrogens (tertiary/aromatic N) is 1. The molecule has 0 aliphatic heterocycles. The summed E-state index contributed by atoms with van der Waals surface area (Å²) in [4.78, 5) is 10.4. The number of nitrogens with one attached hydrogen (secondary N) is 1. The molecule has 0 saturated carbocycles. The molecule has 0 saturated heterocycles. The van der Waals surface area contributed by atoms with Gasteiger partial charge in [0, 0.05) is 12.1 Å². The van der Waals surface area contributed by atoms with Crippen LogP contribution in [0.25, 0.3) is 0 Å². The second-order valence-electron chi connectivity index (χ2n) is 5.61. The molecular formula is C17H20N2O4S. The quantitative estimate of drug-likeness (QED) is 0.604. The molecule has 7 heteroatoms. The van der Waals surface area contributed by atoms with Crippen LogP contribution in [0, 0.1) is 17.0 Å². The number of nitro groups is 1. The minimum absolute atomic E-state index is 0.0734. The summed E-state index contributed by atoms with van der Waals surface area (Å²) in [5.74, 6) is 0. The zero-order chi connectivity index (χ0) is 17.7. The van der Waals surface area contributed by atoms with Crippen LogP contribution >= 0.6 is 0 Å². The van der Waals surface area contributed by atoms with Crippen molar-refractivity contribution in [3.05, 3.63) is 63.7 Å². The van der Waals surface area contributed by atoms with E-state index in [0.717, 1.165) is 24.8 Å². The minimum atomic E-state index is -3.73. The fourth-order valence-corrected chi connectivity index (χ4v) is 3.43. The van der Waals surface area contributed by atoms with Crippen molar-refractivity contribution in [3.63, 3.8) is 0 Å². The van der Waals surface area contributed by atoms with Gasteiger partial charge in [0.1, 0.15) is 0 Å². The molecule has 0 aliphatic rings. The fourth-order valence-electron chi connectivity index (χ4n) is 2.30. The number of rotatable bonds is 7. The summed E-state index contributed by atoms with van der Waals surface area (Å²) in [7, 11) is -3.73. The largest absolute Gasteiger partial charge is 0.279 e. The summed E-state index contributed by atoms with van der Waals surface area (Å²) in [5.41, 5.74) is 1.85. The number of nitro benzene ring substituents is 1. The standard InChI is InChI=1S/C17H20N2O4S/c1-3-4-5-14-6-9-16(10-7-14)24(22,23)18-17-11-8-15(19(20)21)12-13(17)2/h6-12,18H,3-5H2,1-2H3. The summed E-state index contributed by atoms with van der Waals surface area (Å²) in [6.45, 7) is 3.73. The van der Waals surface area contributed by atoms with E-state index >= 15 is 0 Å². The van der Waals surface area contributed by atoms with E-state index < -0.39 is 14.9 Å². The van der Waals surface area contributed by atoms with Crippen LogP contribution in [0.15, 0.2) is 47.4 Å². The van der Waals surface area contributed by atoms with Crippen molar-refractivity contribution in [1.29, 1.82) is 0 Å². The number of sulfonamides is 1. The highest BCUT2D eigenvalue weighted by atomic mass is 32.2. The molecule has 0 spiro atoms. The first-order chi connectivity index (χ1) is 11.3. The highest BCUT2D eigenvalue weighted by Gasteiger charge is 2.16. The first-order valence-electron chi connectivity index (χ1n) is 7.70. The molecule has 0 radical (unpaired) electrons. The Balaban J connectivity index is 2.20.